The van der Waals surface area contributed by atoms with Gasteiger partial charge in [0.25, 0.3) is 0 Å². The van der Waals surface area contributed by atoms with Gasteiger partial charge in [0, 0.05) is 25.7 Å². The summed E-state index contributed by atoms with van der Waals surface area (Å²) in [6.45, 7) is 2.51. The zero-order chi connectivity index (χ0) is 25.9. The SMILES string of the molecule is O=C(O)c1ccc2c(c1)CCCC(c1cc(F)cc(F)c1)=C2c1ccc(CC2CN(CCCF)C2)cc1. The molecule has 1 saturated heterocycles. The van der Waals surface area contributed by atoms with Gasteiger partial charge in [0.1, 0.15) is 11.6 Å². The summed E-state index contributed by atoms with van der Waals surface area (Å²) in [7, 11) is 0. The normalized spacial score (nSPS) is 16.3. The van der Waals surface area contributed by atoms with E-state index in [1.54, 1.807) is 12.1 Å². The third kappa shape index (κ3) is 5.64. The minimum absolute atomic E-state index is 0.231. The largest absolute Gasteiger partial charge is 0.478 e. The van der Waals surface area contributed by atoms with Crippen molar-refractivity contribution >= 4 is 17.1 Å². The van der Waals surface area contributed by atoms with Crippen molar-refractivity contribution in [2.75, 3.05) is 26.3 Å². The number of hydrogen-bond acceptors (Lipinski definition) is 2. The van der Waals surface area contributed by atoms with E-state index in [-0.39, 0.29) is 12.2 Å². The second-order valence-electron chi connectivity index (χ2n) is 10.1. The zero-order valence-electron chi connectivity index (χ0n) is 20.7. The molecular weight excluding hydrogens is 475 g/mol. The van der Waals surface area contributed by atoms with Crippen molar-refractivity contribution in [3.8, 4) is 0 Å². The Labute approximate surface area is 215 Å². The van der Waals surface area contributed by atoms with Crippen molar-refractivity contribution in [1.82, 2.24) is 4.90 Å². The number of aromatic carboxylic acids is 1. The number of carboxylic acid groups (broad SMARTS) is 1. The molecule has 0 bridgehead atoms. The Kier molecular flexibility index (Phi) is 7.47. The topological polar surface area (TPSA) is 40.5 Å². The van der Waals surface area contributed by atoms with Gasteiger partial charge in [0.05, 0.1) is 12.2 Å². The Morgan fingerprint density at radius 3 is 2.32 bits per heavy atom. The van der Waals surface area contributed by atoms with Crippen molar-refractivity contribution in [3.05, 3.63) is 106 Å². The van der Waals surface area contributed by atoms with E-state index in [1.165, 1.54) is 17.7 Å². The third-order valence-corrected chi connectivity index (χ3v) is 7.41. The predicted octanol–water partition coefficient (Wildman–Crippen LogP) is 6.79. The molecule has 3 aromatic carbocycles. The number of rotatable bonds is 8. The molecule has 3 aromatic rings. The number of fused-ring (bicyclic) bond motifs is 1. The second kappa shape index (κ2) is 10.9. The predicted molar refractivity (Wildman–Crippen MR) is 139 cm³/mol. The van der Waals surface area contributed by atoms with Crippen LogP contribution in [0, 0.1) is 17.6 Å². The maximum absolute atomic E-state index is 14.2. The van der Waals surface area contributed by atoms with E-state index in [2.05, 4.69) is 29.2 Å². The zero-order valence-corrected chi connectivity index (χ0v) is 20.7. The van der Waals surface area contributed by atoms with Gasteiger partial charge in [-0.05, 0) is 101 Å². The van der Waals surface area contributed by atoms with Crippen molar-refractivity contribution < 1.29 is 23.1 Å². The van der Waals surface area contributed by atoms with Crippen molar-refractivity contribution in [3.63, 3.8) is 0 Å². The molecule has 0 unspecified atom stereocenters. The molecule has 37 heavy (non-hydrogen) atoms. The molecule has 0 radical (unpaired) electrons. The molecule has 2 aliphatic rings. The number of benzene rings is 3. The molecule has 1 N–H and O–H groups in total. The van der Waals surface area contributed by atoms with Crippen LogP contribution in [-0.2, 0) is 12.8 Å². The molecule has 1 aliphatic heterocycles. The summed E-state index contributed by atoms with van der Waals surface area (Å²) < 4.78 is 40.8. The van der Waals surface area contributed by atoms with Gasteiger partial charge in [-0.3, -0.25) is 4.39 Å². The lowest BCUT2D eigenvalue weighted by Crippen LogP contribution is -2.47. The average molecular weight is 506 g/mol. The Bertz CT molecular complexity index is 1310. The highest BCUT2D eigenvalue weighted by Gasteiger charge is 2.26. The molecular formula is C31H30F3NO2. The molecule has 3 nitrogen and oxygen atoms in total. The first kappa shape index (κ1) is 25.3. The van der Waals surface area contributed by atoms with Gasteiger partial charge in [-0.1, -0.05) is 30.3 Å². The van der Waals surface area contributed by atoms with Gasteiger partial charge < -0.3 is 10.0 Å². The summed E-state index contributed by atoms with van der Waals surface area (Å²) in [5, 5.41) is 9.50. The number of aryl methyl sites for hydroxylation is 1. The third-order valence-electron chi connectivity index (χ3n) is 7.41. The second-order valence-corrected chi connectivity index (χ2v) is 10.1. The highest BCUT2D eigenvalue weighted by molar-refractivity contribution is 6.00. The van der Waals surface area contributed by atoms with Gasteiger partial charge >= 0.3 is 5.97 Å². The lowest BCUT2D eigenvalue weighted by Gasteiger charge is -2.39. The average Bonchev–Trinajstić information content (AvgIpc) is 3.04. The van der Waals surface area contributed by atoms with E-state index in [0.29, 0.717) is 30.7 Å². The van der Waals surface area contributed by atoms with Crippen LogP contribution in [-0.4, -0.2) is 42.3 Å². The van der Waals surface area contributed by atoms with E-state index < -0.39 is 17.6 Å². The first-order valence-electron chi connectivity index (χ1n) is 12.8. The number of carbonyl (C=O) groups is 1. The molecule has 6 heteroatoms. The number of nitrogens with zero attached hydrogens (tertiary/aromatic N) is 1. The van der Waals surface area contributed by atoms with E-state index >= 15 is 0 Å². The summed E-state index contributed by atoms with van der Waals surface area (Å²) in [5.74, 6) is -1.66. The van der Waals surface area contributed by atoms with Crippen LogP contribution in [0.25, 0.3) is 11.1 Å². The minimum Gasteiger partial charge on any atom is -0.478 e. The lowest BCUT2D eigenvalue weighted by atomic mass is 9.86. The number of halogens is 3. The molecule has 0 saturated carbocycles. The van der Waals surface area contributed by atoms with Gasteiger partial charge in [-0.15, -0.1) is 0 Å². The first-order chi connectivity index (χ1) is 17.9. The van der Waals surface area contributed by atoms with Crippen LogP contribution < -0.4 is 0 Å². The van der Waals surface area contributed by atoms with E-state index in [0.717, 1.165) is 66.4 Å². The van der Waals surface area contributed by atoms with Crippen LogP contribution in [0.5, 0.6) is 0 Å². The molecule has 5 rings (SSSR count). The van der Waals surface area contributed by atoms with Crippen LogP contribution >= 0.6 is 0 Å². The van der Waals surface area contributed by atoms with Crippen LogP contribution in [0.2, 0.25) is 0 Å². The number of carboxylic acids is 1. The monoisotopic (exact) mass is 505 g/mol. The maximum Gasteiger partial charge on any atom is 0.335 e. The Hall–Kier alpha value is -3.38. The molecule has 0 amide bonds. The molecule has 1 aliphatic carbocycles. The summed E-state index contributed by atoms with van der Waals surface area (Å²) in [6.07, 6.45) is 3.58. The quantitative estimate of drug-likeness (QED) is 0.366. The van der Waals surface area contributed by atoms with Crippen LogP contribution in [0.3, 0.4) is 0 Å². The molecule has 1 heterocycles. The maximum atomic E-state index is 14.2. The number of alkyl halides is 1. The molecule has 1 fully saturated rings. The van der Waals surface area contributed by atoms with Gasteiger partial charge in [0.2, 0.25) is 0 Å². The Balaban J connectivity index is 1.51. The fourth-order valence-electron chi connectivity index (χ4n) is 5.68. The van der Waals surface area contributed by atoms with Crippen LogP contribution in [0.15, 0.2) is 60.7 Å². The fourth-order valence-corrected chi connectivity index (χ4v) is 5.68. The fraction of sp³-hybridized carbons (Fsp3) is 0.323. The molecule has 0 atom stereocenters. The smallest absolute Gasteiger partial charge is 0.335 e. The number of likely N-dealkylation sites (tertiary alicyclic amines) is 1. The molecule has 0 spiro atoms. The van der Waals surface area contributed by atoms with E-state index in [4.69, 9.17) is 0 Å². The summed E-state index contributed by atoms with van der Waals surface area (Å²) >= 11 is 0. The number of hydrogen-bond donors (Lipinski definition) is 1. The van der Waals surface area contributed by atoms with Gasteiger partial charge in [0.15, 0.2) is 0 Å². The minimum atomic E-state index is -0.978. The number of allylic oxidation sites excluding steroid dienone is 1. The van der Waals surface area contributed by atoms with Gasteiger partial charge in [-0.2, -0.15) is 0 Å². The highest BCUT2D eigenvalue weighted by atomic mass is 19.1. The van der Waals surface area contributed by atoms with Crippen LogP contribution in [0.4, 0.5) is 13.2 Å². The van der Waals surface area contributed by atoms with Gasteiger partial charge in [-0.25, -0.2) is 13.6 Å². The van der Waals surface area contributed by atoms with Crippen molar-refractivity contribution in [1.29, 1.82) is 0 Å². The first-order valence-corrected chi connectivity index (χ1v) is 12.8. The van der Waals surface area contributed by atoms with Crippen LogP contribution in [0.1, 0.15) is 57.4 Å². The molecule has 192 valence electrons. The standard InChI is InChI=1S/C31H30F3NO2/c32-11-2-12-35-18-21(19-35)13-20-5-7-22(8-6-20)30-28(25-15-26(33)17-27(34)16-25)4-1-3-23-14-24(31(36)37)9-10-29(23)30/h5-10,14-17,21H,1-4,11-13,18-19H2,(H,36,37). The Morgan fingerprint density at radius 1 is 0.919 bits per heavy atom. The van der Waals surface area contributed by atoms with Crippen molar-refractivity contribution in [2.45, 2.75) is 32.1 Å². The summed E-state index contributed by atoms with van der Waals surface area (Å²) in [4.78, 5) is 13.9. The lowest BCUT2D eigenvalue weighted by molar-refractivity contribution is 0.0696. The molecule has 0 aromatic heterocycles. The summed E-state index contributed by atoms with van der Waals surface area (Å²) in [6, 6.07) is 17.1. The van der Waals surface area contributed by atoms with E-state index in [1.807, 2.05) is 6.07 Å². The highest BCUT2D eigenvalue weighted by Crippen LogP contribution is 2.40. The summed E-state index contributed by atoms with van der Waals surface area (Å²) in [5.41, 5.74) is 6.47. The Morgan fingerprint density at radius 2 is 1.65 bits per heavy atom. The van der Waals surface area contributed by atoms with E-state index in [9.17, 15) is 23.1 Å². The van der Waals surface area contributed by atoms with Crippen molar-refractivity contribution in [2.24, 2.45) is 5.92 Å².